The van der Waals surface area contributed by atoms with E-state index in [1.807, 2.05) is 6.92 Å². The molecular formula is C32H16F10O. The van der Waals surface area contributed by atoms with E-state index in [0.717, 1.165) is 17.7 Å². The van der Waals surface area contributed by atoms with Gasteiger partial charge in [-0.3, -0.25) is 0 Å². The predicted molar refractivity (Wildman–Crippen MR) is 138 cm³/mol. The molecule has 11 heteroatoms. The van der Waals surface area contributed by atoms with Crippen LogP contribution in [0.2, 0.25) is 0 Å². The van der Waals surface area contributed by atoms with Gasteiger partial charge in [0.15, 0.2) is 11.6 Å². The minimum Gasteiger partial charge on any atom is -0.429 e. The average Bonchev–Trinajstić information content (AvgIpc) is 2.89. The summed E-state index contributed by atoms with van der Waals surface area (Å²) in [6.45, 7) is 1.82. The Bertz CT molecular complexity index is 1800. The molecule has 0 spiro atoms. The molecule has 0 amide bonds. The Morgan fingerprint density at radius 3 is 1.35 bits per heavy atom. The summed E-state index contributed by atoms with van der Waals surface area (Å²) >= 11 is 0. The van der Waals surface area contributed by atoms with Crippen molar-refractivity contribution in [2.45, 2.75) is 13.0 Å². The Labute approximate surface area is 237 Å². The van der Waals surface area contributed by atoms with E-state index in [0.29, 0.717) is 29.8 Å². The summed E-state index contributed by atoms with van der Waals surface area (Å²) in [5.74, 6) is -13.2. The molecule has 0 heterocycles. The van der Waals surface area contributed by atoms with Crippen LogP contribution in [0.25, 0.3) is 33.4 Å². The maximum atomic E-state index is 15.1. The van der Waals surface area contributed by atoms with Crippen molar-refractivity contribution in [3.05, 3.63) is 137 Å². The van der Waals surface area contributed by atoms with Gasteiger partial charge < -0.3 is 4.74 Å². The van der Waals surface area contributed by atoms with Crippen molar-refractivity contribution in [2.24, 2.45) is 0 Å². The predicted octanol–water partition coefficient (Wildman–Crippen LogP) is 10.2. The lowest BCUT2D eigenvalue weighted by Gasteiger charge is -2.20. The van der Waals surface area contributed by atoms with Crippen molar-refractivity contribution >= 4 is 0 Å². The Morgan fingerprint density at radius 2 is 0.884 bits per heavy atom. The second-order valence-electron chi connectivity index (χ2n) is 9.51. The molecule has 220 valence electrons. The van der Waals surface area contributed by atoms with Gasteiger partial charge in [0.25, 0.3) is 0 Å². The van der Waals surface area contributed by atoms with E-state index >= 15 is 17.6 Å². The molecule has 5 aromatic rings. The second kappa shape index (κ2) is 11.1. The van der Waals surface area contributed by atoms with Crippen LogP contribution < -0.4 is 4.74 Å². The normalized spacial score (nSPS) is 11.6. The summed E-state index contributed by atoms with van der Waals surface area (Å²) in [5, 5.41) is 0. The molecule has 0 fully saturated rings. The first-order valence-corrected chi connectivity index (χ1v) is 12.3. The lowest BCUT2D eigenvalue weighted by atomic mass is 9.95. The van der Waals surface area contributed by atoms with Crippen molar-refractivity contribution < 1.29 is 48.6 Å². The number of halogens is 10. The number of hydrogen-bond acceptors (Lipinski definition) is 1. The zero-order valence-corrected chi connectivity index (χ0v) is 21.7. The largest absolute Gasteiger partial charge is 0.432 e. The molecule has 0 saturated carbocycles. The van der Waals surface area contributed by atoms with Crippen molar-refractivity contribution in [1.29, 1.82) is 0 Å². The average molecular weight is 606 g/mol. The summed E-state index contributed by atoms with van der Waals surface area (Å²) < 4.78 is 150. The summed E-state index contributed by atoms with van der Waals surface area (Å²) in [5.41, 5.74) is -3.71. The molecule has 0 aliphatic heterocycles. The molecule has 0 N–H and O–H groups in total. The van der Waals surface area contributed by atoms with Gasteiger partial charge in [-0.25, -0.2) is 35.1 Å². The third-order valence-corrected chi connectivity index (χ3v) is 6.52. The molecule has 5 rings (SSSR count). The van der Waals surface area contributed by atoms with Crippen LogP contribution in [0.4, 0.5) is 43.9 Å². The molecule has 1 nitrogen and oxygen atoms in total. The van der Waals surface area contributed by atoms with Gasteiger partial charge in [-0.15, -0.1) is 0 Å². The van der Waals surface area contributed by atoms with E-state index in [-0.39, 0.29) is 23.8 Å². The van der Waals surface area contributed by atoms with Crippen molar-refractivity contribution in [3.8, 4) is 39.1 Å². The zero-order valence-electron chi connectivity index (χ0n) is 21.7. The molecular weight excluding hydrogens is 590 g/mol. The van der Waals surface area contributed by atoms with E-state index < -0.39 is 86.2 Å². The monoisotopic (exact) mass is 606 g/mol. The standard InChI is InChI=1S/C32H16F10O/c1-15-2-4-16(5-3-15)17-8-23(35)29(24(36)9-17)18-10-25(37)30(26(38)11-18)19-12-27(39)31(28(40)13-19)32(41,42)43-20-6-7-21(33)22(34)14-20/h2-14H,1H3. The molecule has 0 aliphatic carbocycles. The summed E-state index contributed by atoms with van der Waals surface area (Å²) in [6, 6.07) is 11.3. The molecule has 0 aromatic heterocycles. The minimum atomic E-state index is -4.77. The second-order valence-corrected chi connectivity index (χ2v) is 9.51. The van der Waals surface area contributed by atoms with Crippen molar-refractivity contribution in [1.82, 2.24) is 0 Å². The molecule has 0 bridgehead atoms. The van der Waals surface area contributed by atoms with Gasteiger partial charge in [0, 0.05) is 6.07 Å². The van der Waals surface area contributed by atoms with Gasteiger partial charge in [-0.05, 0) is 77.7 Å². The fourth-order valence-corrected chi connectivity index (χ4v) is 4.49. The SMILES string of the molecule is Cc1ccc(-c2cc(F)c(-c3cc(F)c(-c4cc(F)c(C(F)(F)Oc5ccc(F)c(F)c5)c(F)c4)c(F)c3)c(F)c2)cc1. The van der Waals surface area contributed by atoms with Crippen LogP contribution in [0.5, 0.6) is 5.75 Å². The maximum Gasteiger partial charge on any atom is 0.432 e. The van der Waals surface area contributed by atoms with E-state index in [2.05, 4.69) is 4.74 Å². The van der Waals surface area contributed by atoms with Crippen LogP contribution in [0.1, 0.15) is 11.1 Å². The first-order valence-electron chi connectivity index (χ1n) is 12.3. The number of rotatable bonds is 6. The lowest BCUT2D eigenvalue weighted by Crippen LogP contribution is -2.25. The van der Waals surface area contributed by atoms with Crippen LogP contribution in [0.15, 0.2) is 78.9 Å². The Kier molecular flexibility index (Phi) is 7.68. The highest BCUT2D eigenvalue weighted by Crippen LogP contribution is 2.40. The summed E-state index contributed by atoms with van der Waals surface area (Å²) in [4.78, 5) is 0. The van der Waals surface area contributed by atoms with Crippen LogP contribution in [-0.4, -0.2) is 0 Å². The van der Waals surface area contributed by atoms with Gasteiger partial charge in [0.2, 0.25) is 0 Å². The third-order valence-electron chi connectivity index (χ3n) is 6.52. The topological polar surface area (TPSA) is 9.23 Å². The number of aryl methyl sites for hydroxylation is 1. The molecule has 0 radical (unpaired) electrons. The molecule has 0 unspecified atom stereocenters. The number of hydrogen-bond donors (Lipinski definition) is 0. The maximum absolute atomic E-state index is 15.1. The van der Waals surface area contributed by atoms with Crippen molar-refractivity contribution in [3.63, 3.8) is 0 Å². The molecule has 0 saturated heterocycles. The number of alkyl halides is 2. The van der Waals surface area contributed by atoms with Gasteiger partial charge in [-0.2, -0.15) is 8.78 Å². The van der Waals surface area contributed by atoms with Gasteiger partial charge >= 0.3 is 6.11 Å². The van der Waals surface area contributed by atoms with Crippen LogP contribution in [-0.2, 0) is 6.11 Å². The first-order chi connectivity index (χ1) is 20.2. The quantitative estimate of drug-likeness (QED) is 0.175. The van der Waals surface area contributed by atoms with E-state index in [4.69, 9.17) is 0 Å². The summed E-state index contributed by atoms with van der Waals surface area (Å²) in [7, 11) is 0. The highest BCUT2D eigenvalue weighted by atomic mass is 19.3. The van der Waals surface area contributed by atoms with Gasteiger partial charge in [0.05, 0.1) is 11.1 Å². The fourth-order valence-electron chi connectivity index (χ4n) is 4.49. The van der Waals surface area contributed by atoms with Crippen molar-refractivity contribution in [2.75, 3.05) is 0 Å². The first kappa shape index (κ1) is 29.7. The number of ether oxygens (including phenoxy) is 1. The highest BCUT2D eigenvalue weighted by molar-refractivity contribution is 5.75. The van der Waals surface area contributed by atoms with Crippen LogP contribution >= 0.6 is 0 Å². The smallest absolute Gasteiger partial charge is 0.429 e. The molecule has 0 atom stereocenters. The third kappa shape index (κ3) is 5.79. The van der Waals surface area contributed by atoms with Crippen LogP contribution in [0, 0.1) is 53.5 Å². The van der Waals surface area contributed by atoms with E-state index in [9.17, 15) is 26.3 Å². The minimum absolute atomic E-state index is 0.160. The highest BCUT2D eigenvalue weighted by Gasteiger charge is 2.41. The molecule has 0 aliphatic rings. The van der Waals surface area contributed by atoms with Gasteiger partial charge in [-0.1, -0.05) is 29.8 Å². The Hall–Kier alpha value is -4.80. The molecule has 5 aromatic carbocycles. The Morgan fingerprint density at radius 1 is 0.442 bits per heavy atom. The van der Waals surface area contributed by atoms with E-state index in [1.165, 1.54) is 0 Å². The van der Waals surface area contributed by atoms with E-state index in [1.54, 1.807) is 24.3 Å². The summed E-state index contributed by atoms with van der Waals surface area (Å²) in [6.07, 6.45) is -4.77. The van der Waals surface area contributed by atoms with Gasteiger partial charge in [0.1, 0.15) is 46.2 Å². The van der Waals surface area contributed by atoms with Crippen LogP contribution in [0.3, 0.4) is 0 Å². The lowest BCUT2D eigenvalue weighted by molar-refractivity contribution is -0.189. The molecule has 43 heavy (non-hydrogen) atoms. The Balaban J connectivity index is 1.50. The fraction of sp³-hybridized carbons (Fsp3) is 0.0625. The zero-order chi connectivity index (χ0) is 31.2. The number of benzene rings is 5.